The van der Waals surface area contributed by atoms with Crippen LogP contribution in [0.4, 0.5) is 0 Å². The summed E-state index contributed by atoms with van der Waals surface area (Å²) in [6.07, 6.45) is -0.0805. The summed E-state index contributed by atoms with van der Waals surface area (Å²) in [5.74, 6) is 0. The Labute approximate surface area is 81.5 Å². The van der Waals surface area contributed by atoms with Crippen molar-refractivity contribution >= 4 is 0 Å². The van der Waals surface area contributed by atoms with Gasteiger partial charge in [-0.2, -0.15) is 0 Å². The first-order valence-corrected chi connectivity index (χ1v) is 4.91. The molecule has 1 atom stereocenters. The molecule has 2 N–H and O–H groups in total. The van der Waals surface area contributed by atoms with Gasteiger partial charge in [0.25, 0.3) is 0 Å². The van der Waals surface area contributed by atoms with Crippen molar-refractivity contribution in [1.82, 2.24) is 5.32 Å². The molecule has 0 saturated carbocycles. The van der Waals surface area contributed by atoms with E-state index in [1.807, 2.05) is 27.7 Å². The Bertz CT molecular complexity index is 133. The van der Waals surface area contributed by atoms with Gasteiger partial charge in [-0.1, -0.05) is 0 Å². The molecule has 3 heteroatoms. The van der Waals surface area contributed by atoms with Crippen molar-refractivity contribution in [2.75, 3.05) is 13.2 Å². The van der Waals surface area contributed by atoms with Crippen LogP contribution in [0.15, 0.2) is 0 Å². The quantitative estimate of drug-likeness (QED) is 0.616. The lowest BCUT2D eigenvalue weighted by atomic mass is 9.99. The van der Waals surface area contributed by atoms with Crippen LogP contribution in [0.25, 0.3) is 0 Å². The number of hydrogen-bond acceptors (Lipinski definition) is 3. The molecule has 0 aliphatic carbocycles. The van der Waals surface area contributed by atoms with Gasteiger partial charge in [0.05, 0.1) is 18.8 Å². The summed E-state index contributed by atoms with van der Waals surface area (Å²) < 4.78 is 5.37. The van der Waals surface area contributed by atoms with E-state index < -0.39 is 0 Å². The van der Waals surface area contributed by atoms with Gasteiger partial charge in [-0.25, -0.2) is 0 Å². The predicted octanol–water partition coefficient (Wildman–Crippen LogP) is 1.16. The summed E-state index contributed by atoms with van der Waals surface area (Å²) in [6.45, 7) is 11.2. The molecule has 0 aromatic carbocycles. The molecule has 0 spiro atoms. The zero-order chi connectivity index (χ0) is 10.5. The van der Waals surface area contributed by atoms with Crippen LogP contribution in [0.3, 0.4) is 0 Å². The Balaban J connectivity index is 3.52. The lowest BCUT2D eigenvalue weighted by Gasteiger charge is -2.29. The minimum absolute atomic E-state index is 0.236. The molecule has 80 valence electrons. The van der Waals surface area contributed by atoms with E-state index in [1.165, 1.54) is 0 Å². The van der Waals surface area contributed by atoms with Gasteiger partial charge in [-0.15, -0.1) is 0 Å². The topological polar surface area (TPSA) is 41.5 Å². The van der Waals surface area contributed by atoms with E-state index in [0.29, 0.717) is 6.61 Å². The summed E-state index contributed by atoms with van der Waals surface area (Å²) in [6, 6.07) is 0. The van der Waals surface area contributed by atoms with Gasteiger partial charge in [-0.05, 0) is 34.6 Å². The maximum absolute atomic E-state index is 9.39. The summed E-state index contributed by atoms with van der Waals surface area (Å²) in [4.78, 5) is 0. The second kappa shape index (κ2) is 5.58. The minimum Gasteiger partial charge on any atom is -0.392 e. The van der Waals surface area contributed by atoms with Crippen LogP contribution in [-0.4, -0.2) is 36.0 Å². The third kappa shape index (κ3) is 6.02. The first kappa shape index (κ1) is 12.9. The number of nitrogens with one attached hydrogen (secondary N) is 1. The van der Waals surface area contributed by atoms with Gasteiger partial charge < -0.3 is 15.2 Å². The number of rotatable bonds is 6. The molecule has 0 aromatic rings. The maximum atomic E-state index is 9.39. The summed E-state index contributed by atoms with van der Waals surface area (Å²) >= 11 is 0. The van der Waals surface area contributed by atoms with Gasteiger partial charge >= 0.3 is 0 Å². The fourth-order valence-corrected chi connectivity index (χ4v) is 0.816. The zero-order valence-electron chi connectivity index (χ0n) is 9.42. The second-order valence-electron chi connectivity index (χ2n) is 4.24. The Hall–Kier alpha value is -0.120. The molecule has 0 radical (unpaired) electrons. The predicted molar refractivity (Wildman–Crippen MR) is 54.9 cm³/mol. The molecule has 0 amide bonds. The fourth-order valence-electron chi connectivity index (χ4n) is 0.816. The van der Waals surface area contributed by atoms with Crippen LogP contribution in [0.1, 0.15) is 34.6 Å². The van der Waals surface area contributed by atoms with Crippen molar-refractivity contribution in [1.29, 1.82) is 0 Å². The molecule has 3 nitrogen and oxygen atoms in total. The molecule has 0 fully saturated rings. The maximum Gasteiger partial charge on any atom is 0.0688 e. The van der Waals surface area contributed by atoms with Crippen LogP contribution < -0.4 is 5.32 Å². The number of aliphatic hydroxyl groups excluding tert-OH is 1. The van der Waals surface area contributed by atoms with E-state index in [0.717, 1.165) is 6.54 Å². The smallest absolute Gasteiger partial charge is 0.0688 e. The number of ether oxygens (including phenoxy) is 1. The van der Waals surface area contributed by atoms with Crippen molar-refractivity contribution in [3.63, 3.8) is 0 Å². The Morgan fingerprint density at radius 3 is 2.23 bits per heavy atom. The van der Waals surface area contributed by atoms with Gasteiger partial charge in [0, 0.05) is 12.1 Å². The van der Waals surface area contributed by atoms with E-state index in [-0.39, 0.29) is 17.7 Å². The molecular formula is C10H23NO2. The van der Waals surface area contributed by atoms with Crippen molar-refractivity contribution in [2.45, 2.75) is 52.4 Å². The van der Waals surface area contributed by atoms with E-state index in [9.17, 15) is 5.11 Å². The third-order valence-corrected chi connectivity index (χ3v) is 2.18. The highest BCUT2D eigenvalue weighted by atomic mass is 16.5. The molecule has 0 rings (SSSR count). The highest BCUT2D eigenvalue weighted by Crippen LogP contribution is 2.07. The second-order valence-corrected chi connectivity index (χ2v) is 4.24. The monoisotopic (exact) mass is 189 g/mol. The molecular weight excluding hydrogens is 166 g/mol. The summed E-state index contributed by atoms with van der Waals surface area (Å²) in [5, 5.41) is 12.6. The molecule has 0 aromatic heterocycles. The SMILES string of the molecule is CC(C)OCCNC(C)(C)C(C)O. The van der Waals surface area contributed by atoms with Gasteiger partial charge in [0.1, 0.15) is 0 Å². The van der Waals surface area contributed by atoms with Gasteiger partial charge in [-0.3, -0.25) is 0 Å². The van der Waals surface area contributed by atoms with Crippen LogP contribution in [0.5, 0.6) is 0 Å². The average Bonchev–Trinajstić information content (AvgIpc) is 1.97. The lowest BCUT2D eigenvalue weighted by molar-refractivity contribution is 0.0595. The van der Waals surface area contributed by atoms with Crippen molar-refractivity contribution in [3.05, 3.63) is 0 Å². The normalized spacial score (nSPS) is 15.0. The van der Waals surface area contributed by atoms with Crippen LogP contribution >= 0.6 is 0 Å². The van der Waals surface area contributed by atoms with E-state index in [1.54, 1.807) is 6.92 Å². The van der Waals surface area contributed by atoms with Crippen molar-refractivity contribution in [2.24, 2.45) is 0 Å². The Morgan fingerprint density at radius 1 is 1.31 bits per heavy atom. The van der Waals surface area contributed by atoms with Crippen LogP contribution in [0, 0.1) is 0 Å². The molecule has 0 aliphatic rings. The average molecular weight is 189 g/mol. The van der Waals surface area contributed by atoms with Crippen LogP contribution in [-0.2, 0) is 4.74 Å². The van der Waals surface area contributed by atoms with E-state index >= 15 is 0 Å². The summed E-state index contributed by atoms with van der Waals surface area (Å²) in [5.41, 5.74) is -0.236. The molecule has 0 heterocycles. The molecule has 13 heavy (non-hydrogen) atoms. The number of hydrogen-bond donors (Lipinski definition) is 2. The largest absolute Gasteiger partial charge is 0.392 e. The van der Waals surface area contributed by atoms with Crippen molar-refractivity contribution in [3.8, 4) is 0 Å². The molecule has 0 saturated heterocycles. The highest BCUT2D eigenvalue weighted by Gasteiger charge is 2.22. The standard InChI is InChI=1S/C10H23NO2/c1-8(2)13-7-6-11-10(4,5)9(3)12/h8-9,11-12H,6-7H2,1-5H3. The van der Waals surface area contributed by atoms with Gasteiger partial charge in [0.2, 0.25) is 0 Å². The van der Waals surface area contributed by atoms with E-state index in [2.05, 4.69) is 5.32 Å². The fraction of sp³-hybridized carbons (Fsp3) is 1.00. The Morgan fingerprint density at radius 2 is 1.85 bits per heavy atom. The van der Waals surface area contributed by atoms with Crippen LogP contribution in [0.2, 0.25) is 0 Å². The minimum atomic E-state index is -0.355. The number of aliphatic hydroxyl groups is 1. The van der Waals surface area contributed by atoms with E-state index in [4.69, 9.17) is 4.74 Å². The van der Waals surface area contributed by atoms with Crippen molar-refractivity contribution < 1.29 is 9.84 Å². The first-order chi connectivity index (χ1) is 5.86. The Kier molecular flexibility index (Phi) is 5.53. The molecule has 0 bridgehead atoms. The molecule has 1 unspecified atom stereocenters. The lowest BCUT2D eigenvalue weighted by Crippen LogP contribution is -2.49. The molecule has 0 aliphatic heterocycles. The summed E-state index contributed by atoms with van der Waals surface area (Å²) in [7, 11) is 0. The highest BCUT2D eigenvalue weighted by molar-refractivity contribution is 4.82. The van der Waals surface area contributed by atoms with Gasteiger partial charge in [0.15, 0.2) is 0 Å². The third-order valence-electron chi connectivity index (χ3n) is 2.18. The zero-order valence-corrected chi connectivity index (χ0v) is 9.42. The first-order valence-electron chi connectivity index (χ1n) is 4.91.